The molecule has 0 saturated carbocycles. The summed E-state index contributed by atoms with van der Waals surface area (Å²) in [6.45, 7) is 4.36. The summed E-state index contributed by atoms with van der Waals surface area (Å²) in [6, 6.07) is 0. The Morgan fingerprint density at radius 3 is 2.00 bits per heavy atom. The van der Waals surface area contributed by atoms with Crippen LogP contribution in [0, 0.1) is 0 Å². The van der Waals surface area contributed by atoms with Crippen molar-refractivity contribution in [1.29, 1.82) is 0 Å². The summed E-state index contributed by atoms with van der Waals surface area (Å²) in [5, 5.41) is 0. The molecule has 0 aliphatic carbocycles. The Morgan fingerprint density at radius 2 is 1.90 bits per heavy atom. The van der Waals surface area contributed by atoms with Gasteiger partial charge in [0.15, 0.2) is 0 Å². The quantitative estimate of drug-likeness (QED) is 0.641. The maximum Gasteiger partial charge on any atom is 0.0919 e. The molecule has 1 aromatic rings. The van der Waals surface area contributed by atoms with Crippen LogP contribution in [-0.2, 0) is 0 Å². The van der Waals surface area contributed by atoms with E-state index < -0.39 is 0 Å². The van der Waals surface area contributed by atoms with Crippen LogP contribution < -0.4 is 0 Å². The second-order valence-electron chi connectivity index (χ2n) is 1.76. The molecule has 60 valence electrons. The van der Waals surface area contributed by atoms with Gasteiger partial charge in [-0.1, -0.05) is 34.1 Å². The van der Waals surface area contributed by atoms with Gasteiger partial charge in [0.25, 0.3) is 0 Å². The van der Waals surface area contributed by atoms with E-state index in [9.17, 15) is 0 Å². The number of nitrogens with zero attached hydrogens (tertiary/aromatic N) is 1. The molecule has 0 amide bonds. The van der Waals surface area contributed by atoms with Gasteiger partial charge in [0.1, 0.15) is 0 Å². The minimum atomic E-state index is 0. The van der Waals surface area contributed by atoms with Crippen LogP contribution in [0.3, 0.4) is 0 Å². The number of unbranched alkanes of at least 4 members (excludes halogenated alkanes) is 1. The number of rotatable bonds is 1. The lowest BCUT2D eigenvalue weighted by Gasteiger charge is -1.68. The second kappa shape index (κ2) is 11.1. The summed E-state index contributed by atoms with van der Waals surface area (Å²) in [5.74, 6) is 0. The highest BCUT2D eigenvalue weighted by Gasteiger charge is 1.56. The van der Waals surface area contributed by atoms with E-state index in [-0.39, 0.29) is 7.43 Å². The van der Waals surface area contributed by atoms with Crippen molar-refractivity contribution in [3.8, 4) is 0 Å². The fraction of sp³-hybridized carbons (Fsp3) is 0.625. The number of imidazole rings is 1. The largest absolute Gasteiger partial charge is 0.351 e. The third-order valence-electron chi connectivity index (χ3n) is 0.906. The molecule has 0 spiro atoms. The normalized spacial score (nSPS) is 7.00. The predicted molar refractivity (Wildman–Crippen MR) is 45.9 cm³/mol. The lowest BCUT2D eigenvalue weighted by atomic mass is 10.4. The van der Waals surface area contributed by atoms with E-state index in [1.807, 2.05) is 0 Å². The van der Waals surface area contributed by atoms with Gasteiger partial charge < -0.3 is 4.98 Å². The first kappa shape index (κ1) is 11.9. The number of hydrogen-bond donors (Lipinski definition) is 1. The van der Waals surface area contributed by atoms with Crippen LogP contribution in [0.1, 0.15) is 34.1 Å². The average molecular weight is 142 g/mol. The monoisotopic (exact) mass is 142 g/mol. The highest BCUT2D eigenvalue weighted by molar-refractivity contribution is 4.64. The van der Waals surface area contributed by atoms with Gasteiger partial charge in [0, 0.05) is 12.4 Å². The third kappa shape index (κ3) is 10.2. The molecule has 0 aliphatic rings. The van der Waals surface area contributed by atoms with Crippen molar-refractivity contribution in [2.24, 2.45) is 0 Å². The molecule has 0 radical (unpaired) electrons. The van der Waals surface area contributed by atoms with E-state index in [1.54, 1.807) is 18.7 Å². The van der Waals surface area contributed by atoms with E-state index in [2.05, 4.69) is 23.8 Å². The number of hydrogen-bond acceptors (Lipinski definition) is 1. The standard InChI is InChI=1S/C4H10.C3H4N2.CH4/c1-3-4-2;1-2-5-3-4-1;/h3-4H2,1-2H3;1-3H,(H,4,5);1H4. The van der Waals surface area contributed by atoms with Crippen molar-refractivity contribution in [3.63, 3.8) is 0 Å². The van der Waals surface area contributed by atoms with Crippen LogP contribution in [0.2, 0.25) is 0 Å². The van der Waals surface area contributed by atoms with Crippen LogP contribution in [0.5, 0.6) is 0 Å². The molecular formula is C8H18N2. The number of nitrogens with one attached hydrogen (secondary N) is 1. The van der Waals surface area contributed by atoms with Gasteiger partial charge in [-0.05, 0) is 0 Å². The SMILES string of the molecule is C.CCCC.c1c[nH]cn1. The van der Waals surface area contributed by atoms with Crippen molar-refractivity contribution in [2.45, 2.75) is 34.1 Å². The maximum absolute atomic E-state index is 3.67. The fourth-order valence-corrected chi connectivity index (χ4v) is 0.215. The molecule has 0 bridgehead atoms. The smallest absolute Gasteiger partial charge is 0.0919 e. The molecule has 0 aliphatic heterocycles. The highest BCUT2D eigenvalue weighted by atomic mass is 14.8. The molecule has 1 heterocycles. The zero-order chi connectivity index (χ0) is 6.95. The summed E-state index contributed by atoms with van der Waals surface area (Å²) >= 11 is 0. The van der Waals surface area contributed by atoms with Crippen LogP contribution in [0.15, 0.2) is 18.7 Å². The zero-order valence-corrected chi connectivity index (χ0v) is 6.09. The zero-order valence-electron chi connectivity index (χ0n) is 6.09. The molecule has 0 unspecified atom stereocenters. The van der Waals surface area contributed by atoms with Crippen molar-refractivity contribution >= 4 is 0 Å². The molecule has 2 heteroatoms. The van der Waals surface area contributed by atoms with Gasteiger partial charge >= 0.3 is 0 Å². The van der Waals surface area contributed by atoms with E-state index in [1.165, 1.54) is 12.8 Å². The number of aromatic nitrogens is 2. The number of aromatic amines is 1. The molecular weight excluding hydrogens is 124 g/mol. The van der Waals surface area contributed by atoms with Crippen molar-refractivity contribution < 1.29 is 0 Å². The van der Waals surface area contributed by atoms with E-state index >= 15 is 0 Å². The summed E-state index contributed by atoms with van der Waals surface area (Å²) in [6.07, 6.45) is 7.72. The molecule has 1 N–H and O–H groups in total. The number of H-pyrrole nitrogens is 1. The van der Waals surface area contributed by atoms with E-state index in [4.69, 9.17) is 0 Å². The first-order chi connectivity index (χ1) is 4.41. The first-order valence-corrected chi connectivity index (χ1v) is 3.34. The Bertz CT molecular complexity index is 82.8. The fourth-order valence-electron chi connectivity index (χ4n) is 0.215. The Labute approximate surface area is 63.7 Å². The molecule has 10 heavy (non-hydrogen) atoms. The summed E-state index contributed by atoms with van der Waals surface area (Å²) < 4.78 is 0. The Balaban J connectivity index is 0. The predicted octanol–water partition coefficient (Wildman–Crippen LogP) is 2.85. The molecule has 0 saturated heterocycles. The van der Waals surface area contributed by atoms with Crippen LogP contribution in [0.25, 0.3) is 0 Å². The van der Waals surface area contributed by atoms with Crippen LogP contribution in [0.4, 0.5) is 0 Å². The van der Waals surface area contributed by atoms with Gasteiger partial charge in [-0.3, -0.25) is 0 Å². The van der Waals surface area contributed by atoms with Crippen molar-refractivity contribution in [1.82, 2.24) is 9.97 Å². The molecule has 0 atom stereocenters. The van der Waals surface area contributed by atoms with Crippen molar-refractivity contribution in [2.75, 3.05) is 0 Å². The molecule has 1 aromatic heterocycles. The van der Waals surface area contributed by atoms with Crippen LogP contribution >= 0.6 is 0 Å². The lowest BCUT2D eigenvalue weighted by molar-refractivity contribution is 0.886. The third-order valence-corrected chi connectivity index (χ3v) is 0.906. The lowest BCUT2D eigenvalue weighted by Crippen LogP contribution is -1.47. The van der Waals surface area contributed by atoms with Crippen LogP contribution in [-0.4, -0.2) is 9.97 Å². The minimum absolute atomic E-state index is 0. The Kier molecular flexibility index (Phi) is 13.2. The topological polar surface area (TPSA) is 28.7 Å². The van der Waals surface area contributed by atoms with Gasteiger partial charge in [-0.15, -0.1) is 0 Å². The minimum Gasteiger partial charge on any atom is -0.351 e. The van der Waals surface area contributed by atoms with Gasteiger partial charge in [0.2, 0.25) is 0 Å². The summed E-state index contributed by atoms with van der Waals surface area (Å²) in [4.78, 5) is 6.42. The van der Waals surface area contributed by atoms with Gasteiger partial charge in [-0.2, -0.15) is 0 Å². The molecule has 1 rings (SSSR count). The summed E-state index contributed by atoms with van der Waals surface area (Å²) in [7, 11) is 0. The van der Waals surface area contributed by atoms with Gasteiger partial charge in [-0.25, -0.2) is 4.98 Å². The highest BCUT2D eigenvalue weighted by Crippen LogP contribution is 1.76. The first-order valence-electron chi connectivity index (χ1n) is 3.34. The molecule has 2 nitrogen and oxygen atoms in total. The van der Waals surface area contributed by atoms with Gasteiger partial charge in [0.05, 0.1) is 6.33 Å². The molecule has 0 fully saturated rings. The average Bonchev–Trinajstić information content (AvgIpc) is 2.43. The second-order valence-corrected chi connectivity index (χ2v) is 1.76. The van der Waals surface area contributed by atoms with E-state index in [0.717, 1.165) is 0 Å². The molecule has 0 aromatic carbocycles. The maximum atomic E-state index is 3.67. The Morgan fingerprint density at radius 1 is 1.30 bits per heavy atom. The van der Waals surface area contributed by atoms with Crippen molar-refractivity contribution in [3.05, 3.63) is 18.7 Å². The summed E-state index contributed by atoms with van der Waals surface area (Å²) in [5.41, 5.74) is 0. The van der Waals surface area contributed by atoms with E-state index in [0.29, 0.717) is 0 Å². The Hall–Kier alpha value is -0.790.